The highest BCUT2D eigenvalue weighted by atomic mass is 19.1. The molecule has 5 heteroatoms. The maximum Gasteiger partial charge on any atom is 0.337 e. The van der Waals surface area contributed by atoms with Crippen molar-refractivity contribution in [2.24, 2.45) is 0 Å². The van der Waals surface area contributed by atoms with Gasteiger partial charge in [-0.1, -0.05) is 6.92 Å². The zero-order valence-corrected chi connectivity index (χ0v) is 9.03. The molecule has 1 atom stereocenters. The summed E-state index contributed by atoms with van der Waals surface area (Å²) in [6.07, 6.45) is -1.31. The second-order valence-corrected chi connectivity index (χ2v) is 3.28. The molecule has 0 aliphatic rings. The van der Waals surface area contributed by atoms with Crippen LogP contribution in [0.4, 0.5) is 4.39 Å². The van der Waals surface area contributed by atoms with Gasteiger partial charge in [0.1, 0.15) is 11.6 Å². The maximum atomic E-state index is 13.5. The van der Waals surface area contributed by atoms with E-state index >= 15 is 0 Å². The topological polar surface area (TPSA) is 66.8 Å². The molecule has 0 aromatic heterocycles. The Morgan fingerprint density at radius 2 is 2.19 bits per heavy atom. The first kappa shape index (κ1) is 12.4. The van der Waals surface area contributed by atoms with Crippen molar-refractivity contribution >= 4 is 5.97 Å². The largest absolute Gasteiger partial charge is 0.496 e. The van der Waals surface area contributed by atoms with Gasteiger partial charge in [0, 0.05) is 5.56 Å². The minimum Gasteiger partial charge on any atom is -0.496 e. The molecule has 1 aromatic carbocycles. The fraction of sp³-hybridized carbons (Fsp3) is 0.364. The Morgan fingerprint density at radius 3 is 2.62 bits per heavy atom. The van der Waals surface area contributed by atoms with Crippen LogP contribution in [0.1, 0.15) is 24.2 Å². The predicted octanol–water partition coefficient (Wildman–Crippen LogP) is 1.51. The van der Waals surface area contributed by atoms with Gasteiger partial charge in [0.05, 0.1) is 7.11 Å². The predicted molar refractivity (Wildman–Crippen MR) is 54.9 cm³/mol. The molecule has 0 radical (unpaired) electrons. The molecule has 0 saturated heterocycles. The normalized spacial score (nSPS) is 12.2. The van der Waals surface area contributed by atoms with E-state index in [-0.39, 0.29) is 11.3 Å². The van der Waals surface area contributed by atoms with E-state index in [1.165, 1.54) is 13.2 Å². The SMILES string of the molecule is CCc1c(F)cc(C(O)C(=O)O)cc1OC. The van der Waals surface area contributed by atoms with Crippen molar-refractivity contribution in [2.45, 2.75) is 19.4 Å². The number of benzene rings is 1. The van der Waals surface area contributed by atoms with Gasteiger partial charge in [-0.25, -0.2) is 9.18 Å². The Labute approximate surface area is 92.3 Å². The fourth-order valence-electron chi connectivity index (χ4n) is 1.46. The zero-order valence-electron chi connectivity index (χ0n) is 9.03. The lowest BCUT2D eigenvalue weighted by Crippen LogP contribution is -2.11. The van der Waals surface area contributed by atoms with E-state index in [1.807, 2.05) is 0 Å². The number of ether oxygens (including phenoxy) is 1. The molecule has 4 nitrogen and oxygen atoms in total. The van der Waals surface area contributed by atoms with Crippen LogP contribution < -0.4 is 4.74 Å². The number of hydrogen-bond donors (Lipinski definition) is 2. The Kier molecular flexibility index (Phi) is 3.84. The summed E-state index contributed by atoms with van der Waals surface area (Å²) in [5, 5.41) is 17.9. The second-order valence-electron chi connectivity index (χ2n) is 3.28. The van der Waals surface area contributed by atoms with Gasteiger partial charge in [-0.2, -0.15) is 0 Å². The third-order valence-electron chi connectivity index (χ3n) is 2.30. The molecule has 0 fully saturated rings. The fourth-order valence-corrected chi connectivity index (χ4v) is 1.46. The van der Waals surface area contributed by atoms with Crippen LogP contribution in [0.25, 0.3) is 0 Å². The second kappa shape index (κ2) is 4.94. The zero-order chi connectivity index (χ0) is 12.3. The quantitative estimate of drug-likeness (QED) is 0.819. The monoisotopic (exact) mass is 228 g/mol. The first-order valence-electron chi connectivity index (χ1n) is 4.78. The summed E-state index contributed by atoms with van der Waals surface area (Å²) in [5.41, 5.74) is 0.336. The number of carboxylic acids is 1. The summed E-state index contributed by atoms with van der Waals surface area (Å²) < 4.78 is 18.5. The summed E-state index contributed by atoms with van der Waals surface area (Å²) in [4.78, 5) is 10.6. The lowest BCUT2D eigenvalue weighted by molar-refractivity contribution is -0.146. The molecule has 0 amide bonds. The number of rotatable bonds is 4. The Morgan fingerprint density at radius 1 is 1.56 bits per heavy atom. The van der Waals surface area contributed by atoms with Gasteiger partial charge in [-0.15, -0.1) is 0 Å². The third-order valence-corrected chi connectivity index (χ3v) is 2.30. The van der Waals surface area contributed by atoms with Crippen molar-refractivity contribution in [3.05, 3.63) is 29.1 Å². The molecule has 0 bridgehead atoms. The van der Waals surface area contributed by atoms with Gasteiger partial charge in [-0.05, 0) is 24.1 Å². The molecule has 0 spiro atoms. The van der Waals surface area contributed by atoms with Crippen LogP contribution in [0, 0.1) is 5.82 Å². The average molecular weight is 228 g/mol. The number of hydrogen-bond acceptors (Lipinski definition) is 3. The Bertz CT molecular complexity index is 403. The van der Waals surface area contributed by atoms with Crippen molar-refractivity contribution in [2.75, 3.05) is 7.11 Å². The summed E-state index contributed by atoms with van der Waals surface area (Å²) in [5.74, 6) is -1.75. The minimum atomic E-state index is -1.74. The molecule has 1 rings (SSSR count). The van der Waals surface area contributed by atoms with Gasteiger partial charge in [0.15, 0.2) is 6.10 Å². The standard InChI is InChI=1S/C11H13FO4/c1-3-7-8(12)4-6(5-9(7)16-2)10(13)11(14)15/h4-5,10,13H,3H2,1-2H3,(H,14,15). The van der Waals surface area contributed by atoms with Gasteiger partial charge in [-0.3, -0.25) is 0 Å². The number of carboxylic acid groups (broad SMARTS) is 1. The molecule has 1 aromatic rings. The summed E-state index contributed by atoms with van der Waals surface area (Å²) in [7, 11) is 1.37. The first-order valence-corrected chi connectivity index (χ1v) is 4.78. The van der Waals surface area contributed by atoms with Crippen LogP contribution in [0.5, 0.6) is 5.75 Å². The number of methoxy groups -OCH3 is 1. The Hall–Kier alpha value is -1.62. The van der Waals surface area contributed by atoms with Gasteiger partial charge in [0.25, 0.3) is 0 Å². The van der Waals surface area contributed by atoms with E-state index < -0.39 is 17.9 Å². The van der Waals surface area contributed by atoms with Crippen LogP contribution >= 0.6 is 0 Å². The van der Waals surface area contributed by atoms with Gasteiger partial charge < -0.3 is 14.9 Å². The number of aliphatic carboxylic acids is 1. The minimum absolute atomic E-state index is 0.0287. The van der Waals surface area contributed by atoms with Crippen molar-refractivity contribution in [1.29, 1.82) is 0 Å². The van der Waals surface area contributed by atoms with E-state index in [0.717, 1.165) is 6.07 Å². The lowest BCUT2D eigenvalue weighted by Gasteiger charge is -2.12. The highest BCUT2D eigenvalue weighted by Gasteiger charge is 2.20. The molecule has 16 heavy (non-hydrogen) atoms. The molecule has 0 saturated carbocycles. The van der Waals surface area contributed by atoms with Crippen LogP contribution in [0.15, 0.2) is 12.1 Å². The number of aliphatic hydroxyl groups excluding tert-OH is 1. The first-order chi connectivity index (χ1) is 7.51. The van der Waals surface area contributed by atoms with E-state index in [1.54, 1.807) is 6.92 Å². The van der Waals surface area contributed by atoms with Gasteiger partial charge in [0.2, 0.25) is 0 Å². The molecule has 0 aliphatic carbocycles. The molecule has 2 N–H and O–H groups in total. The molecule has 1 unspecified atom stereocenters. The molecular formula is C11H13FO4. The number of aliphatic hydroxyl groups is 1. The van der Waals surface area contributed by atoms with Crippen molar-refractivity contribution in [3.63, 3.8) is 0 Å². The lowest BCUT2D eigenvalue weighted by atomic mass is 10.0. The number of carbonyl (C=O) groups is 1. The van der Waals surface area contributed by atoms with Crippen molar-refractivity contribution in [1.82, 2.24) is 0 Å². The van der Waals surface area contributed by atoms with Crippen LogP contribution in [-0.2, 0) is 11.2 Å². The van der Waals surface area contributed by atoms with Gasteiger partial charge >= 0.3 is 5.97 Å². The van der Waals surface area contributed by atoms with E-state index in [0.29, 0.717) is 12.0 Å². The third kappa shape index (κ3) is 2.30. The van der Waals surface area contributed by atoms with Crippen LogP contribution in [0.2, 0.25) is 0 Å². The average Bonchev–Trinajstić information content (AvgIpc) is 2.26. The number of halogens is 1. The highest BCUT2D eigenvalue weighted by molar-refractivity contribution is 5.74. The summed E-state index contributed by atoms with van der Waals surface area (Å²) >= 11 is 0. The van der Waals surface area contributed by atoms with E-state index in [9.17, 15) is 14.3 Å². The maximum absolute atomic E-state index is 13.5. The smallest absolute Gasteiger partial charge is 0.337 e. The highest BCUT2D eigenvalue weighted by Crippen LogP contribution is 2.27. The Balaban J connectivity index is 3.25. The molecule has 88 valence electrons. The molecule has 0 heterocycles. The van der Waals surface area contributed by atoms with Crippen molar-refractivity contribution in [3.8, 4) is 5.75 Å². The summed E-state index contributed by atoms with van der Waals surface area (Å²) in [6.45, 7) is 1.76. The van der Waals surface area contributed by atoms with Crippen molar-refractivity contribution < 1.29 is 24.1 Å². The van der Waals surface area contributed by atoms with Crippen LogP contribution in [0.3, 0.4) is 0 Å². The molecule has 0 aliphatic heterocycles. The molecular weight excluding hydrogens is 215 g/mol. The van der Waals surface area contributed by atoms with E-state index in [4.69, 9.17) is 9.84 Å². The summed E-state index contributed by atoms with van der Waals surface area (Å²) in [6, 6.07) is 2.35. The van der Waals surface area contributed by atoms with Crippen LogP contribution in [-0.4, -0.2) is 23.3 Å². The van der Waals surface area contributed by atoms with E-state index in [2.05, 4.69) is 0 Å².